The van der Waals surface area contributed by atoms with E-state index in [1.165, 1.54) is 12.1 Å². The van der Waals surface area contributed by atoms with Gasteiger partial charge in [-0.3, -0.25) is 4.79 Å². The minimum Gasteiger partial charge on any atom is -0.480 e. The Morgan fingerprint density at radius 2 is 2.15 bits per heavy atom. The van der Waals surface area contributed by atoms with Crippen molar-refractivity contribution in [2.45, 2.75) is 17.4 Å². The summed E-state index contributed by atoms with van der Waals surface area (Å²) in [5, 5.41) is 11.1. The van der Waals surface area contributed by atoms with Crippen molar-refractivity contribution in [1.29, 1.82) is 0 Å². The molecule has 1 atom stereocenters. The van der Waals surface area contributed by atoms with E-state index in [0.717, 1.165) is 23.9 Å². The van der Waals surface area contributed by atoms with Gasteiger partial charge in [0.15, 0.2) is 0 Å². The number of hydrogen-bond acceptors (Lipinski definition) is 3. The topological polar surface area (TPSA) is 66.4 Å². The Kier molecular flexibility index (Phi) is 6.17. The average molecular weight is 301 g/mol. The SMILES string of the molecule is C=CCC(NC(=O)CSc1ccc(F)cc1F)C(=O)O. The third-order valence-corrected chi connectivity index (χ3v) is 3.34. The lowest BCUT2D eigenvalue weighted by molar-refractivity contribution is -0.141. The molecule has 0 heterocycles. The van der Waals surface area contributed by atoms with Gasteiger partial charge in [-0.25, -0.2) is 13.6 Å². The fraction of sp³-hybridized carbons (Fsp3) is 0.231. The van der Waals surface area contributed by atoms with E-state index in [1.807, 2.05) is 0 Å². The van der Waals surface area contributed by atoms with Crippen LogP contribution in [0.4, 0.5) is 8.78 Å². The van der Waals surface area contributed by atoms with E-state index in [9.17, 15) is 18.4 Å². The van der Waals surface area contributed by atoms with E-state index >= 15 is 0 Å². The molecule has 1 amide bonds. The molecule has 0 saturated carbocycles. The largest absolute Gasteiger partial charge is 0.480 e. The van der Waals surface area contributed by atoms with Gasteiger partial charge >= 0.3 is 5.97 Å². The van der Waals surface area contributed by atoms with Crippen molar-refractivity contribution in [3.05, 3.63) is 42.5 Å². The first-order valence-electron chi connectivity index (χ1n) is 5.65. The van der Waals surface area contributed by atoms with Crippen LogP contribution in [-0.4, -0.2) is 28.8 Å². The molecular formula is C13H13F2NO3S. The summed E-state index contributed by atoms with van der Waals surface area (Å²) in [6.07, 6.45) is 1.47. The second kappa shape index (κ2) is 7.64. The molecule has 1 aromatic rings. The molecule has 108 valence electrons. The van der Waals surface area contributed by atoms with Crippen LogP contribution in [0.5, 0.6) is 0 Å². The number of hydrogen-bond donors (Lipinski definition) is 2. The standard InChI is InChI=1S/C13H13F2NO3S/c1-2-3-10(13(18)19)16-12(17)7-20-11-5-4-8(14)6-9(11)15/h2,4-6,10H,1,3,7H2,(H,16,17)(H,18,19). The number of aliphatic carboxylic acids is 1. The lowest BCUT2D eigenvalue weighted by atomic mass is 10.2. The molecule has 1 aromatic carbocycles. The van der Waals surface area contributed by atoms with Crippen molar-refractivity contribution < 1.29 is 23.5 Å². The predicted molar refractivity (Wildman–Crippen MR) is 71.5 cm³/mol. The second-order valence-corrected chi connectivity index (χ2v) is 4.86. The molecule has 20 heavy (non-hydrogen) atoms. The Hall–Kier alpha value is -1.89. The van der Waals surface area contributed by atoms with Gasteiger partial charge in [0.1, 0.15) is 17.7 Å². The highest BCUT2D eigenvalue weighted by Crippen LogP contribution is 2.22. The number of benzene rings is 1. The zero-order valence-corrected chi connectivity index (χ0v) is 11.3. The highest BCUT2D eigenvalue weighted by atomic mass is 32.2. The van der Waals surface area contributed by atoms with E-state index in [-0.39, 0.29) is 17.1 Å². The highest BCUT2D eigenvalue weighted by molar-refractivity contribution is 8.00. The van der Waals surface area contributed by atoms with Gasteiger partial charge in [0.25, 0.3) is 0 Å². The molecule has 0 radical (unpaired) electrons. The van der Waals surface area contributed by atoms with Crippen LogP contribution in [0, 0.1) is 11.6 Å². The van der Waals surface area contributed by atoms with Gasteiger partial charge < -0.3 is 10.4 Å². The summed E-state index contributed by atoms with van der Waals surface area (Å²) in [5.41, 5.74) is 0. The van der Waals surface area contributed by atoms with E-state index in [2.05, 4.69) is 11.9 Å². The number of nitrogens with one attached hydrogen (secondary N) is 1. The summed E-state index contributed by atoms with van der Waals surface area (Å²) in [6, 6.07) is 1.97. The zero-order valence-electron chi connectivity index (χ0n) is 10.4. The quantitative estimate of drug-likeness (QED) is 0.598. The summed E-state index contributed by atoms with van der Waals surface area (Å²) in [6.45, 7) is 3.40. The number of carboxylic acid groups (broad SMARTS) is 1. The summed E-state index contributed by atoms with van der Waals surface area (Å²) in [4.78, 5) is 22.5. The van der Waals surface area contributed by atoms with Crippen LogP contribution in [0.3, 0.4) is 0 Å². The predicted octanol–water partition coefficient (Wildman–Crippen LogP) is 2.20. The minimum absolute atomic E-state index is 0.0939. The lowest BCUT2D eigenvalue weighted by Gasteiger charge is -2.12. The molecule has 0 aliphatic heterocycles. The molecule has 1 unspecified atom stereocenters. The van der Waals surface area contributed by atoms with E-state index in [0.29, 0.717) is 0 Å². The van der Waals surface area contributed by atoms with Crippen molar-refractivity contribution in [2.75, 3.05) is 5.75 Å². The molecule has 0 bridgehead atoms. The van der Waals surface area contributed by atoms with Crippen molar-refractivity contribution in [1.82, 2.24) is 5.32 Å². The van der Waals surface area contributed by atoms with Gasteiger partial charge in [0, 0.05) is 11.0 Å². The summed E-state index contributed by atoms with van der Waals surface area (Å²) in [5.74, 6) is -3.34. The molecular weight excluding hydrogens is 288 g/mol. The molecule has 0 fully saturated rings. The number of halogens is 2. The Morgan fingerprint density at radius 3 is 2.70 bits per heavy atom. The maximum Gasteiger partial charge on any atom is 0.326 e. The van der Waals surface area contributed by atoms with Crippen LogP contribution in [-0.2, 0) is 9.59 Å². The Balaban J connectivity index is 2.54. The van der Waals surface area contributed by atoms with Gasteiger partial charge in [-0.15, -0.1) is 18.3 Å². The molecule has 7 heteroatoms. The smallest absolute Gasteiger partial charge is 0.326 e. The van der Waals surface area contributed by atoms with Crippen LogP contribution >= 0.6 is 11.8 Å². The molecule has 1 rings (SSSR count). The van der Waals surface area contributed by atoms with Gasteiger partial charge in [0.05, 0.1) is 5.75 Å². The van der Waals surface area contributed by atoms with E-state index < -0.39 is 29.6 Å². The fourth-order valence-corrected chi connectivity index (χ4v) is 2.09. The Bertz CT molecular complexity index is 522. The first-order valence-corrected chi connectivity index (χ1v) is 6.63. The normalized spacial score (nSPS) is 11.7. The number of carboxylic acids is 1. The zero-order chi connectivity index (χ0) is 15.1. The van der Waals surface area contributed by atoms with Crippen LogP contribution < -0.4 is 5.32 Å². The monoisotopic (exact) mass is 301 g/mol. The molecule has 0 aliphatic rings. The van der Waals surface area contributed by atoms with Crippen molar-refractivity contribution in [2.24, 2.45) is 0 Å². The van der Waals surface area contributed by atoms with Gasteiger partial charge in [-0.05, 0) is 18.6 Å². The molecule has 0 aliphatic carbocycles. The maximum absolute atomic E-state index is 13.3. The first-order chi connectivity index (χ1) is 9.43. The number of carbonyl (C=O) groups is 2. The molecule has 0 spiro atoms. The van der Waals surface area contributed by atoms with E-state index in [4.69, 9.17) is 5.11 Å². The Labute approximate surface area is 118 Å². The summed E-state index contributed by atoms with van der Waals surface area (Å²) < 4.78 is 26.0. The molecule has 4 nitrogen and oxygen atoms in total. The summed E-state index contributed by atoms with van der Waals surface area (Å²) in [7, 11) is 0. The number of amides is 1. The second-order valence-electron chi connectivity index (χ2n) is 3.85. The van der Waals surface area contributed by atoms with Crippen molar-refractivity contribution >= 4 is 23.6 Å². The van der Waals surface area contributed by atoms with Gasteiger partial charge in [0.2, 0.25) is 5.91 Å². The van der Waals surface area contributed by atoms with Crippen LogP contribution in [0.2, 0.25) is 0 Å². The molecule has 0 aromatic heterocycles. The number of rotatable bonds is 7. The number of thioether (sulfide) groups is 1. The van der Waals surface area contributed by atoms with Crippen molar-refractivity contribution in [3.63, 3.8) is 0 Å². The van der Waals surface area contributed by atoms with Gasteiger partial charge in [-0.2, -0.15) is 0 Å². The van der Waals surface area contributed by atoms with Crippen LogP contribution in [0.15, 0.2) is 35.7 Å². The molecule has 2 N–H and O–H groups in total. The molecule has 0 saturated heterocycles. The van der Waals surface area contributed by atoms with Gasteiger partial charge in [-0.1, -0.05) is 6.08 Å². The van der Waals surface area contributed by atoms with E-state index in [1.54, 1.807) is 0 Å². The summed E-state index contributed by atoms with van der Waals surface area (Å²) >= 11 is 0.863. The number of carbonyl (C=O) groups excluding carboxylic acids is 1. The first kappa shape index (κ1) is 16.2. The average Bonchev–Trinajstić information content (AvgIpc) is 2.37. The van der Waals surface area contributed by atoms with Crippen LogP contribution in [0.1, 0.15) is 6.42 Å². The van der Waals surface area contributed by atoms with Crippen molar-refractivity contribution in [3.8, 4) is 0 Å². The lowest BCUT2D eigenvalue weighted by Crippen LogP contribution is -2.41. The highest BCUT2D eigenvalue weighted by Gasteiger charge is 2.18. The third kappa shape index (κ3) is 5.00. The fourth-order valence-electron chi connectivity index (χ4n) is 1.36. The Morgan fingerprint density at radius 1 is 1.45 bits per heavy atom. The maximum atomic E-state index is 13.3. The van der Waals surface area contributed by atoms with Crippen LogP contribution in [0.25, 0.3) is 0 Å². The third-order valence-electron chi connectivity index (χ3n) is 2.29. The minimum atomic E-state index is -1.17.